The molecule has 1 atom stereocenters. The molecule has 1 aliphatic heterocycles. The van der Waals surface area contributed by atoms with Gasteiger partial charge in [-0.1, -0.05) is 31.2 Å². The molecule has 1 heterocycles. The Bertz CT molecular complexity index is 519. The largest absolute Gasteiger partial charge is 0.369 e. The number of nitrogens with two attached hydrogens (primary N) is 1. The molecule has 114 valence electrons. The smallest absolute Gasteiger partial charge is 0.223 e. The summed E-state index contributed by atoms with van der Waals surface area (Å²) >= 11 is 0. The molecule has 1 aromatic carbocycles. The van der Waals surface area contributed by atoms with Gasteiger partial charge in [0.1, 0.15) is 0 Å². The number of likely N-dealkylation sites (tertiary alicyclic amines) is 1. The van der Waals surface area contributed by atoms with Crippen molar-refractivity contribution in [3.05, 3.63) is 35.4 Å². The second-order valence-corrected chi connectivity index (χ2v) is 6.02. The number of primary amides is 1. The highest BCUT2D eigenvalue weighted by Crippen LogP contribution is 2.24. The van der Waals surface area contributed by atoms with E-state index in [4.69, 9.17) is 5.73 Å². The Kier molecular flexibility index (Phi) is 4.99. The van der Waals surface area contributed by atoms with Crippen LogP contribution in [0.5, 0.6) is 0 Å². The van der Waals surface area contributed by atoms with Gasteiger partial charge in [-0.15, -0.1) is 0 Å². The summed E-state index contributed by atoms with van der Waals surface area (Å²) in [6.45, 7) is 5.46. The Balaban J connectivity index is 1.90. The van der Waals surface area contributed by atoms with E-state index >= 15 is 0 Å². The zero-order chi connectivity index (χ0) is 15.4. The van der Waals surface area contributed by atoms with Crippen LogP contribution >= 0.6 is 0 Å². The number of aryl methyl sites for hydroxylation is 1. The number of hydrogen-bond donors (Lipinski definition) is 1. The van der Waals surface area contributed by atoms with E-state index in [1.807, 2.05) is 17.0 Å². The highest BCUT2D eigenvalue weighted by atomic mass is 16.2. The van der Waals surface area contributed by atoms with Crippen LogP contribution < -0.4 is 5.73 Å². The quantitative estimate of drug-likeness (QED) is 0.923. The Morgan fingerprint density at radius 1 is 1.29 bits per heavy atom. The average Bonchev–Trinajstić information content (AvgIpc) is 2.47. The third-order valence-electron chi connectivity index (χ3n) is 4.45. The van der Waals surface area contributed by atoms with Crippen LogP contribution in [-0.4, -0.2) is 29.8 Å². The van der Waals surface area contributed by atoms with Crippen molar-refractivity contribution in [2.45, 2.75) is 39.0 Å². The summed E-state index contributed by atoms with van der Waals surface area (Å²) in [5, 5.41) is 0. The predicted molar refractivity (Wildman–Crippen MR) is 82.7 cm³/mol. The van der Waals surface area contributed by atoms with Crippen LogP contribution in [0.15, 0.2) is 24.3 Å². The van der Waals surface area contributed by atoms with Crippen LogP contribution in [0.2, 0.25) is 0 Å². The van der Waals surface area contributed by atoms with Crippen molar-refractivity contribution in [3.63, 3.8) is 0 Å². The zero-order valence-corrected chi connectivity index (χ0v) is 12.8. The van der Waals surface area contributed by atoms with Gasteiger partial charge in [0.25, 0.3) is 0 Å². The third-order valence-corrected chi connectivity index (χ3v) is 4.45. The van der Waals surface area contributed by atoms with Gasteiger partial charge in [-0.2, -0.15) is 0 Å². The minimum Gasteiger partial charge on any atom is -0.369 e. The molecule has 2 amide bonds. The third kappa shape index (κ3) is 3.84. The van der Waals surface area contributed by atoms with Gasteiger partial charge in [-0.3, -0.25) is 9.59 Å². The van der Waals surface area contributed by atoms with Crippen LogP contribution in [0.1, 0.15) is 43.2 Å². The van der Waals surface area contributed by atoms with Crippen molar-refractivity contribution in [2.75, 3.05) is 13.1 Å². The molecule has 1 aromatic rings. The second kappa shape index (κ2) is 6.74. The van der Waals surface area contributed by atoms with Gasteiger partial charge < -0.3 is 10.6 Å². The van der Waals surface area contributed by atoms with Gasteiger partial charge in [-0.25, -0.2) is 0 Å². The van der Waals surface area contributed by atoms with Gasteiger partial charge in [0.2, 0.25) is 11.8 Å². The molecule has 1 unspecified atom stereocenters. The van der Waals surface area contributed by atoms with Crippen molar-refractivity contribution in [1.29, 1.82) is 0 Å². The van der Waals surface area contributed by atoms with Gasteiger partial charge in [0.15, 0.2) is 0 Å². The predicted octanol–water partition coefficient (Wildman–Crippen LogP) is 2.21. The topological polar surface area (TPSA) is 63.4 Å². The fourth-order valence-electron chi connectivity index (χ4n) is 3.05. The molecule has 0 saturated carbocycles. The molecular weight excluding hydrogens is 264 g/mol. The lowest BCUT2D eigenvalue weighted by Gasteiger charge is -2.31. The number of carbonyl (C=O) groups excluding carboxylic acids is 2. The van der Waals surface area contributed by atoms with E-state index in [-0.39, 0.29) is 23.7 Å². The highest BCUT2D eigenvalue weighted by Gasteiger charge is 2.26. The molecule has 4 heteroatoms. The number of amides is 2. The number of nitrogens with zero attached hydrogens (tertiary/aromatic N) is 1. The Morgan fingerprint density at radius 3 is 2.48 bits per heavy atom. The van der Waals surface area contributed by atoms with Crippen molar-refractivity contribution >= 4 is 11.8 Å². The fourth-order valence-corrected chi connectivity index (χ4v) is 3.05. The van der Waals surface area contributed by atoms with Crippen molar-refractivity contribution < 1.29 is 9.59 Å². The summed E-state index contributed by atoms with van der Waals surface area (Å²) in [5.41, 5.74) is 7.78. The molecule has 4 nitrogen and oxygen atoms in total. The van der Waals surface area contributed by atoms with Gasteiger partial charge in [-0.05, 0) is 36.8 Å². The highest BCUT2D eigenvalue weighted by molar-refractivity contribution is 5.79. The normalized spacial score (nSPS) is 17.5. The first kappa shape index (κ1) is 15.5. The lowest BCUT2D eigenvalue weighted by molar-refractivity contribution is -0.135. The number of piperidine rings is 1. The number of benzene rings is 1. The molecule has 1 aliphatic rings. The maximum Gasteiger partial charge on any atom is 0.223 e. The van der Waals surface area contributed by atoms with E-state index in [1.165, 1.54) is 11.1 Å². The van der Waals surface area contributed by atoms with E-state index in [9.17, 15) is 9.59 Å². The van der Waals surface area contributed by atoms with E-state index < -0.39 is 0 Å². The zero-order valence-electron chi connectivity index (χ0n) is 12.8. The van der Waals surface area contributed by atoms with Gasteiger partial charge in [0.05, 0.1) is 0 Å². The minimum absolute atomic E-state index is 0.0668. The molecule has 0 aromatic heterocycles. The first-order valence-corrected chi connectivity index (χ1v) is 7.61. The molecule has 0 radical (unpaired) electrons. The SMILES string of the molecule is Cc1ccccc1C(C)CC(=O)N1CCC(C(N)=O)CC1. The fraction of sp³-hybridized carbons (Fsp3) is 0.529. The molecule has 21 heavy (non-hydrogen) atoms. The monoisotopic (exact) mass is 288 g/mol. The average molecular weight is 288 g/mol. The van der Waals surface area contributed by atoms with Crippen LogP contribution in [0.4, 0.5) is 0 Å². The maximum absolute atomic E-state index is 12.4. The second-order valence-electron chi connectivity index (χ2n) is 6.02. The molecule has 0 spiro atoms. The van der Waals surface area contributed by atoms with E-state index in [2.05, 4.69) is 26.0 Å². The summed E-state index contributed by atoms with van der Waals surface area (Å²) in [6.07, 6.45) is 1.91. The Labute approximate surface area is 126 Å². The van der Waals surface area contributed by atoms with Gasteiger partial charge >= 0.3 is 0 Å². The summed E-state index contributed by atoms with van der Waals surface area (Å²) in [5.74, 6) is 0.0828. The van der Waals surface area contributed by atoms with E-state index in [0.717, 1.165) is 0 Å². The number of carbonyl (C=O) groups is 2. The summed E-state index contributed by atoms with van der Waals surface area (Å²) in [6, 6.07) is 8.20. The van der Waals surface area contributed by atoms with Crippen molar-refractivity contribution in [3.8, 4) is 0 Å². The maximum atomic E-state index is 12.4. The van der Waals surface area contributed by atoms with Crippen molar-refractivity contribution in [1.82, 2.24) is 4.90 Å². The first-order chi connectivity index (χ1) is 9.99. The molecule has 2 rings (SSSR count). The van der Waals surface area contributed by atoms with Crippen LogP contribution in [-0.2, 0) is 9.59 Å². The van der Waals surface area contributed by atoms with Crippen molar-refractivity contribution in [2.24, 2.45) is 11.7 Å². The number of hydrogen-bond acceptors (Lipinski definition) is 2. The first-order valence-electron chi connectivity index (χ1n) is 7.61. The molecule has 2 N–H and O–H groups in total. The molecule has 1 saturated heterocycles. The molecule has 0 bridgehead atoms. The summed E-state index contributed by atoms with van der Waals surface area (Å²) in [7, 11) is 0. The van der Waals surface area contributed by atoms with Crippen LogP contribution in [0, 0.1) is 12.8 Å². The Morgan fingerprint density at radius 2 is 1.90 bits per heavy atom. The van der Waals surface area contributed by atoms with Gasteiger partial charge in [0, 0.05) is 25.4 Å². The molecule has 1 fully saturated rings. The summed E-state index contributed by atoms with van der Waals surface area (Å²) < 4.78 is 0. The van der Waals surface area contributed by atoms with E-state index in [1.54, 1.807) is 0 Å². The Hall–Kier alpha value is -1.84. The number of rotatable bonds is 4. The minimum atomic E-state index is -0.240. The lowest BCUT2D eigenvalue weighted by atomic mass is 9.92. The van der Waals surface area contributed by atoms with E-state index in [0.29, 0.717) is 32.4 Å². The standard InChI is InChI=1S/C17H24N2O2/c1-12-5-3-4-6-15(12)13(2)11-16(20)19-9-7-14(8-10-19)17(18)21/h3-6,13-14H,7-11H2,1-2H3,(H2,18,21). The molecule has 0 aliphatic carbocycles. The lowest BCUT2D eigenvalue weighted by Crippen LogP contribution is -2.42. The van der Waals surface area contributed by atoms with Crippen LogP contribution in [0.25, 0.3) is 0 Å². The summed E-state index contributed by atoms with van der Waals surface area (Å²) in [4.78, 5) is 25.4. The van der Waals surface area contributed by atoms with Crippen LogP contribution in [0.3, 0.4) is 0 Å². The molecular formula is C17H24N2O2.